The summed E-state index contributed by atoms with van der Waals surface area (Å²) in [6.45, 7) is 1.94. The van der Waals surface area contributed by atoms with Crippen LogP contribution in [-0.4, -0.2) is 18.5 Å². The summed E-state index contributed by atoms with van der Waals surface area (Å²) in [6.07, 6.45) is 4.49. The van der Waals surface area contributed by atoms with Crippen LogP contribution < -0.4 is 10.6 Å². The molecule has 1 amide bonds. The molecule has 0 radical (unpaired) electrons. The van der Waals surface area contributed by atoms with Gasteiger partial charge in [0, 0.05) is 6.04 Å². The van der Waals surface area contributed by atoms with Crippen molar-refractivity contribution < 1.29 is 9.18 Å². The van der Waals surface area contributed by atoms with E-state index in [9.17, 15) is 9.18 Å². The Balaban J connectivity index is 1.85. The maximum Gasteiger partial charge on any atom is 0.239 e. The zero-order chi connectivity index (χ0) is 13.0. The van der Waals surface area contributed by atoms with E-state index in [4.69, 9.17) is 0 Å². The van der Waals surface area contributed by atoms with Gasteiger partial charge in [0.2, 0.25) is 5.91 Å². The lowest BCUT2D eigenvalue weighted by molar-refractivity contribution is -0.120. The van der Waals surface area contributed by atoms with Crippen LogP contribution in [0.2, 0.25) is 0 Å². The van der Waals surface area contributed by atoms with E-state index in [2.05, 4.69) is 10.6 Å². The Morgan fingerprint density at radius 2 is 2.11 bits per heavy atom. The van der Waals surface area contributed by atoms with Gasteiger partial charge in [-0.15, -0.1) is 0 Å². The highest BCUT2D eigenvalue weighted by atomic mass is 19.1. The molecule has 0 unspecified atom stereocenters. The molecule has 2 N–H and O–H groups in total. The number of hydrogen-bond donors (Lipinski definition) is 2. The van der Waals surface area contributed by atoms with Crippen molar-refractivity contribution in [2.45, 2.75) is 38.6 Å². The SMILES string of the molecule is Cc1cccc(F)c1NCC(=O)NC1CCCC1. The van der Waals surface area contributed by atoms with Crippen LogP contribution in [0.15, 0.2) is 18.2 Å². The first-order valence-electron chi connectivity index (χ1n) is 6.45. The van der Waals surface area contributed by atoms with Crippen LogP contribution in [0, 0.1) is 12.7 Å². The van der Waals surface area contributed by atoms with Crippen molar-refractivity contribution in [2.24, 2.45) is 0 Å². The van der Waals surface area contributed by atoms with E-state index in [1.54, 1.807) is 6.07 Å². The van der Waals surface area contributed by atoms with Crippen LogP contribution in [0.25, 0.3) is 0 Å². The smallest absolute Gasteiger partial charge is 0.239 e. The van der Waals surface area contributed by atoms with Gasteiger partial charge >= 0.3 is 0 Å². The number of carbonyl (C=O) groups is 1. The predicted molar refractivity (Wildman–Crippen MR) is 70.0 cm³/mol. The second-order valence-corrected chi connectivity index (χ2v) is 4.83. The first-order chi connectivity index (χ1) is 8.66. The van der Waals surface area contributed by atoms with Gasteiger partial charge in [0.25, 0.3) is 0 Å². The van der Waals surface area contributed by atoms with Crippen LogP contribution in [0.3, 0.4) is 0 Å². The first-order valence-corrected chi connectivity index (χ1v) is 6.45. The quantitative estimate of drug-likeness (QED) is 0.862. The Morgan fingerprint density at radius 3 is 2.78 bits per heavy atom. The van der Waals surface area contributed by atoms with Gasteiger partial charge in [-0.25, -0.2) is 4.39 Å². The summed E-state index contributed by atoms with van der Waals surface area (Å²) < 4.78 is 13.5. The molecule has 0 heterocycles. The molecule has 4 heteroatoms. The summed E-state index contributed by atoms with van der Waals surface area (Å²) in [4.78, 5) is 11.7. The number of carbonyl (C=O) groups excluding carboxylic acids is 1. The highest BCUT2D eigenvalue weighted by Gasteiger charge is 2.17. The van der Waals surface area contributed by atoms with E-state index in [-0.39, 0.29) is 18.3 Å². The third-order valence-corrected chi connectivity index (χ3v) is 3.37. The molecule has 1 aliphatic rings. The lowest BCUT2D eigenvalue weighted by Crippen LogP contribution is -2.36. The summed E-state index contributed by atoms with van der Waals surface area (Å²) in [5.74, 6) is -0.381. The van der Waals surface area contributed by atoms with Crippen molar-refractivity contribution in [3.05, 3.63) is 29.6 Å². The van der Waals surface area contributed by atoms with Crippen molar-refractivity contribution in [1.29, 1.82) is 0 Å². The van der Waals surface area contributed by atoms with Crippen molar-refractivity contribution >= 4 is 11.6 Å². The second kappa shape index (κ2) is 5.85. The molecule has 3 nitrogen and oxygen atoms in total. The van der Waals surface area contributed by atoms with Crippen molar-refractivity contribution in [1.82, 2.24) is 5.32 Å². The lowest BCUT2D eigenvalue weighted by Gasteiger charge is -2.14. The Bertz CT molecular complexity index is 408. The fourth-order valence-corrected chi connectivity index (χ4v) is 2.37. The number of rotatable bonds is 4. The molecule has 18 heavy (non-hydrogen) atoms. The van der Waals surface area contributed by atoms with Gasteiger partial charge < -0.3 is 10.6 Å². The highest BCUT2D eigenvalue weighted by molar-refractivity contribution is 5.81. The molecule has 1 aromatic rings. The molecular weight excluding hydrogens is 231 g/mol. The van der Waals surface area contributed by atoms with Gasteiger partial charge in [-0.2, -0.15) is 0 Å². The number of para-hydroxylation sites is 1. The molecule has 98 valence electrons. The molecule has 0 atom stereocenters. The second-order valence-electron chi connectivity index (χ2n) is 4.83. The summed E-state index contributed by atoms with van der Waals surface area (Å²) >= 11 is 0. The number of halogens is 1. The van der Waals surface area contributed by atoms with Crippen molar-refractivity contribution in [3.8, 4) is 0 Å². The molecule has 0 saturated heterocycles. The standard InChI is InChI=1S/C14H19FN2O/c1-10-5-4-8-12(15)14(10)16-9-13(18)17-11-6-2-3-7-11/h4-5,8,11,16H,2-3,6-7,9H2,1H3,(H,17,18). The van der Waals surface area contributed by atoms with Gasteiger partial charge in [0.05, 0.1) is 12.2 Å². The highest BCUT2D eigenvalue weighted by Crippen LogP contribution is 2.19. The van der Waals surface area contributed by atoms with E-state index in [0.29, 0.717) is 11.7 Å². The largest absolute Gasteiger partial charge is 0.374 e. The van der Waals surface area contributed by atoms with Crippen LogP contribution in [0.5, 0.6) is 0 Å². The molecule has 0 aliphatic heterocycles. The number of benzene rings is 1. The maximum atomic E-state index is 13.5. The number of aryl methyl sites for hydroxylation is 1. The van der Waals surface area contributed by atoms with Gasteiger partial charge in [0.1, 0.15) is 5.82 Å². The number of anilines is 1. The molecule has 0 aromatic heterocycles. The van der Waals surface area contributed by atoms with Crippen LogP contribution in [0.1, 0.15) is 31.2 Å². The average Bonchev–Trinajstić information content (AvgIpc) is 2.81. The fourth-order valence-electron chi connectivity index (χ4n) is 2.37. The normalized spacial score (nSPS) is 15.7. The van der Waals surface area contributed by atoms with E-state index in [1.807, 2.05) is 13.0 Å². The summed E-state index contributed by atoms with van der Waals surface area (Å²) in [7, 11) is 0. The predicted octanol–water partition coefficient (Wildman–Crippen LogP) is 2.60. The van der Waals surface area contributed by atoms with Crippen molar-refractivity contribution in [2.75, 3.05) is 11.9 Å². The molecular formula is C14H19FN2O. The minimum atomic E-state index is -0.316. The van der Waals surface area contributed by atoms with Gasteiger partial charge in [0.15, 0.2) is 0 Å². The topological polar surface area (TPSA) is 41.1 Å². The Labute approximate surface area is 107 Å². The van der Waals surface area contributed by atoms with E-state index in [0.717, 1.165) is 18.4 Å². The Morgan fingerprint density at radius 1 is 1.39 bits per heavy atom. The Kier molecular flexibility index (Phi) is 4.18. The molecule has 0 bridgehead atoms. The fraction of sp³-hybridized carbons (Fsp3) is 0.500. The third-order valence-electron chi connectivity index (χ3n) is 3.37. The minimum absolute atomic E-state index is 0.0652. The Hall–Kier alpha value is -1.58. The molecule has 1 fully saturated rings. The van der Waals surface area contributed by atoms with E-state index in [1.165, 1.54) is 18.9 Å². The molecule has 2 rings (SSSR count). The molecule has 0 spiro atoms. The average molecular weight is 250 g/mol. The summed E-state index contributed by atoms with van der Waals surface area (Å²) in [5, 5.41) is 5.83. The summed E-state index contributed by atoms with van der Waals surface area (Å²) in [6, 6.07) is 5.18. The van der Waals surface area contributed by atoms with Gasteiger partial charge in [-0.05, 0) is 31.4 Å². The van der Waals surface area contributed by atoms with Gasteiger partial charge in [-0.1, -0.05) is 25.0 Å². The van der Waals surface area contributed by atoms with E-state index < -0.39 is 0 Å². The van der Waals surface area contributed by atoms with Gasteiger partial charge in [-0.3, -0.25) is 4.79 Å². The molecule has 1 saturated carbocycles. The van der Waals surface area contributed by atoms with Crippen LogP contribution >= 0.6 is 0 Å². The van der Waals surface area contributed by atoms with Crippen LogP contribution in [-0.2, 0) is 4.79 Å². The number of hydrogen-bond acceptors (Lipinski definition) is 2. The zero-order valence-electron chi connectivity index (χ0n) is 10.6. The third kappa shape index (κ3) is 3.22. The van der Waals surface area contributed by atoms with Crippen molar-refractivity contribution in [3.63, 3.8) is 0 Å². The monoisotopic (exact) mass is 250 g/mol. The van der Waals surface area contributed by atoms with E-state index >= 15 is 0 Å². The number of nitrogens with one attached hydrogen (secondary N) is 2. The molecule has 1 aliphatic carbocycles. The van der Waals surface area contributed by atoms with Crippen LogP contribution in [0.4, 0.5) is 10.1 Å². The minimum Gasteiger partial charge on any atom is -0.374 e. The molecule has 1 aromatic carbocycles. The lowest BCUT2D eigenvalue weighted by atomic mass is 10.2. The number of amides is 1. The maximum absolute atomic E-state index is 13.5. The summed E-state index contributed by atoms with van der Waals surface area (Å²) in [5.41, 5.74) is 1.22. The first kappa shape index (κ1) is 12.9. The zero-order valence-corrected chi connectivity index (χ0v) is 10.6.